The third-order valence-corrected chi connectivity index (χ3v) is 8.08. The van der Waals surface area contributed by atoms with Gasteiger partial charge >= 0.3 is 12.1 Å². The zero-order chi connectivity index (χ0) is 25.0. The van der Waals surface area contributed by atoms with Crippen molar-refractivity contribution < 1.29 is 32.6 Å². The molecule has 1 spiro atoms. The number of aliphatic hydroxyl groups excluding tert-OH is 1. The van der Waals surface area contributed by atoms with Crippen LogP contribution in [0, 0.1) is 0 Å². The summed E-state index contributed by atoms with van der Waals surface area (Å²) in [5.74, 6) is -0.841. The van der Waals surface area contributed by atoms with Crippen LogP contribution in [0.5, 0.6) is 0 Å². The molecule has 1 saturated heterocycles. The largest absolute Gasteiger partial charge is 0.450 e. The third kappa shape index (κ3) is 4.46. The van der Waals surface area contributed by atoms with Crippen LogP contribution in [0.3, 0.4) is 0 Å². The van der Waals surface area contributed by atoms with Gasteiger partial charge in [0.2, 0.25) is 0 Å². The summed E-state index contributed by atoms with van der Waals surface area (Å²) in [5.41, 5.74) is -0.241. The Kier molecular flexibility index (Phi) is 6.15. The molecule has 1 aromatic heterocycles. The first-order valence-electron chi connectivity index (χ1n) is 12.3. The maximum atomic E-state index is 13.7. The minimum Gasteiger partial charge on any atom is -0.450 e. The lowest BCUT2D eigenvalue weighted by atomic mass is 9.81. The van der Waals surface area contributed by atoms with E-state index in [1.807, 2.05) is 0 Å². The lowest BCUT2D eigenvalue weighted by Crippen LogP contribution is -2.52. The SMILES string of the molecule is CC1=C(C(=O)N2CCc3ncc(C(F)(F)F)cc3C2)C2(CCN(C3CCC(O)CC3)CC2)OC1=O. The standard InChI is InChI=1S/C25H30F3N3O4/c1-15-21(22(33)31-9-6-20-16(14-31)12-17(13-29-20)25(26,27)28)24(35-23(15)34)7-10-30(11-8-24)18-2-4-19(32)5-3-18/h12-13,18-19,32H,2-11,14H2,1H3. The van der Waals surface area contributed by atoms with E-state index in [-0.39, 0.29) is 24.1 Å². The Balaban J connectivity index is 1.33. The van der Waals surface area contributed by atoms with Crippen molar-refractivity contribution in [3.05, 3.63) is 40.2 Å². The zero-order valence-corrected chi connectivity index (χ0v) is 19.7. The van der Waals surface area contributed by atoms with Gasteiger partial charge in [0.05, 0.1) is 17.2 Å². The number of aromatic nitrogens is 1. The number of likely N-dealkylation sites (tertiary alicyclic amines) is 1. The molecule has 5 rings (SSSR count). The molecular weight excluding hydrogens is 463 g/mol. The monoisotopic (exact) mass is 493 g/mol. The fourth-order valence-electron chi connectivity index (χ4n) is 6.04. The number of esters is 1. The average molecular weight is 494 g/mol. The summed E-state index contributed by atoms with van der Waals surface area (Å²) in [4.78, 5) is 34.1. The van der Waals surface area contributed by atoms with Gasteiger partial charge < -0.3 is 19.6 Å². The highest BCUT2D eigenvalue weighted by Crippen LogP contribution is 2.43. The van der Waals surface area contributed by atoms with Crippen molar-refractivity contribution >= 4 is 11.9 Å². The average Bonchev–Trinajstić information content (AvgIpc) is 3.07. The predicted molar refractivity (Wildman–Crippen MR) is 119 cm³/mol. The van der Waals surface area contributed by atoms with Gasteiger partial charge in [0.25, 0.3) is 5.91 Å². The van der Waals surface area contributed by atoms with Crippen LogP contribution in [-0.4, -0.2) is 69.1 Å². The van der Waals surface area contributed by atoms with E-state index in [9.17, 15) is 27.9 Å². The molecule has 4 aliphatic rings. The van der Waals surface area contributed by atoms with Gasteiger partial charge in [0, 0.05) is 68.9 Å². The molecule has 0 aromatic carbocycles. The molecule has 0 bridgehead atoms. The Bertz CT molecular complexity index is 1050. The van der Waals surface area contributed by atoms with Gasteiger partial charge in [-0.25, -0.2) is 4.79 Å². The van der Waals surface area contributed by atoms with E-state index < -0.39 is 23.3 Å². The minimum atomic E-state index is -4.51. The van der Waals surface area contributed by atoms with Gasteiger partial charge in [0.15, 0.2) is 0 Å². The lowest BCUT2D eigenvalue weighted by Gasteiger charge is -2.44. The van der Waals surface area contributed by atoms with Crippen molar-refractivity contribution in [3.63, 3.8) is 0 Å². The number of aliphatic hydroxyl groups is 1. The normalized spacial score (nSPS) is 27.2. The number of fused-ring (bicyclic) bond motifs is 1. The van der Waals surface area contributed by atoms with Crippen LogP contribution in [0.15, 0.2) is 23.4 Å². The molecule has 1 aromatic rings. The zero-order valence-electron chi connectivity index (χ0n) is 19.7. The predicted octanol–water partition coefficient (Wildman–Crippen LogP) is 3.00. The molecule has 4 heterocycles. The molecule has 3 aliphatic heterocycles. The van der Waals surface area contributed by atoms with Gasteiger partial charge in [-0.1, -0.05) is 0 Å². The van der Waals surface area contributed by atoms with Gasteiger partial charge in [-0.2, -0.15) is 13.2 Å². The van der Waals surface area contributed by atoms with Crippen LogP contribution in [0.1, 0.15) is 62.3 Å². The summed E-state index contributed by atoms with van der Waals surface area (Å²) < 4.78 is 45.4. The molecular formula is C25H30F3N3O4. The van der Waals surface area contributed by atoms with Crippen molar-refractivity contribution in [1.29, 1.82) is 0 Å². The number of carbonyl (C=O) groups is 2. The van der Waals surface area contributed by atoms with E-state index in [1.54, 1.807) is 6.92 Å². The van der Waals surface area contributed by atoms with Gasteiger partial charge in [-0.15, -0.1) is 0 Å². The number of nitrogens with zero attached hydrogens (tertiary/aromatic N) is 3. The summed E-state index contributed by atoms with van der Waals surface area (Å²) in [5, 5.41) is 9.80. The number of alkyl halides is 3. The van der Waals surface area contributed by atoms with Crippen LogP contribution >= 0.6 is 0 Å². The first kappa shape index (κ1) is 24.2. The molecule has 7 nitrogen and oxygen atoms in total. The van der Waals surface area contributed by atoms with Crippen molar-refractivity contribution in [2.75, 3.05) is 19.6 Å². The first-order valence-corrected chi connectivity index (χ1v) is 12.3. The summed E-state index contributed by atoms with van der Waals surface area (Å²) in [6.45, 7) is 3.30. The van der Waals surface area contributed by atoms with Crippen LogP contribution in [0.25, 0.3) is 0 Å². The molecule has 0 unspecified atom stereocenters. The highest BCUT2D eigenvalue weighted by Gasteiger charge is 2.52. The number of rotatable bonds is 2. The van der Waals surface area contributed by atoms with Gasteiger partial charge in [-0.3, -0.25) is 9.78 Å². The number of amides is 1. The van der Waals surface area contributed by atoms with E-state index in [4.69, 9.17) is 4.74 Å². The summed E-state index contributed by atoms with van der Waals surface area (Å²) in [6.07, 6.45) is 0.873. The van der Waals surface area contributed by atoms with E-state index in [1.165, 1.54) is 4.90 Å². The number of hydrogen-bond donors (Lipinski definition) is 1. The number of pyridine rings is 1. The first-order chi connectivity index (χ1) is 16.6. The minimum absolute atomic E-state index is 0.0165. The van der Waals surface area contributed by atoms with Gasteiger partial charge in [0.1, 0.15) is 5.60 Å². The number of hydrogen-bond acceptors (Lipinski definition) is 6. The second-order valence-corrected chi connectivity index (χ2v) is 10.2. The second-order valence-electron chi connectivity index (χ2n) is 10.2. The summed E-state index contributed by atoms with van der Waals surface area (Å²) in [6, 6.07) is 1.44. The molecule has 1 amide bonds. The number of halogens is 3. The van der Waals surface area contributed by atoms with E-state index in [0.717, 1.165) is 37.9 Å². The Hall–Kier alpha value is -2.46. The molecule has 10 heteroatoms. The highest BCUT2D eigenvalue weighted by atomic mass is 19.4. The number of carbonyl (C=O) groups excluding carboxylic acids is 2. The summed E-state index contributed by atoms with van der Waals surface area (Å²) >= 11 is 0. The van der Waals surface area contributed by atoms with E-state index >= 15 is 0 Å². The number of piperidine rings is 1. The van der Waals surface area contributed by atoms with Crippen LogP contribution in [0.4, 0.5) is 13.2 Å². The maximum absolute atomic E-state index is 13.7. The fourth-order valence-corrected chi connectivity index (χ4v) is 6.04. The van der Waals surface area contributed by atoms with Crippen molar-refractivity contribution in [3.8, 4) is 0 Å². The number of ether oxygens (including phenoxy) is 1. The molecule has 1 N–H and O–H groups in total. The van der Waals surface area contributed by atoms with Crippen LogP contribution < -0.4 is 0 Å². The van der Waals surface area contributed by atoms with Crippen LogP contribution in [-0.2, 0) is 33.5 Å². The molecule has 1 saturated carbocycles. The molecule has 1 aliphatic carbocycles. The van der Waals surface area contributed by atoms with Crippen molar-refractivity contribution in [1.82, 2.24) is 14.8 Å². The van der Waals surface area contributed by atoms with E-state index in [2.05, 4.69) is 9.88 Å². The molecule has 0 atom stereocenters. The van der Waals surface area contributed by atoms with E-state index in [0.29, 0.717) is 61.8 Å². The Morgan fingerprint density at radius 3 is 2.51 bits per heavy atom. The van der Waals surface area contributed by atoms with Crippen molar-refractivity contribution in [2.24, 2.45) is 0 Å². The Morgan fingerprint density at radius 2 is 1.86 bits per heavy atom. The molecule has 35 heavy (non-hydrogen) atoms. The maximum Gasteiger partial charge on any atom is 0.417 e. The fraction of sp³-hybridized carbons (Fsp3) is 0.640. The topological polar surface area (TPSA) is 83.0 Å². The smallest absolute Gasteiger partial charge is 0.417 e. The second kappa shape index (κ2) is 8.89. The highest BCUT2D eigenvalue weighted by molar-refractivity contribution is 6.07. The summed E-state index contributed by atoms with van der Waals surface area (Å²) in [7, 11) is 0. The third-order valence-electron chi connectivity index (χ3n) is 8.08. The Morgan fingerprint density at radius 1 is 1.17 bits per heavy atom. The van der Waals surface area contributed by atoms with Crippen molar-refractivity contribution in [2.45, 2.75) is 82.3 Å². The van der Waals surface area contributed by atoms with Gasteiger partial charge in [-0.05, 0) is 44.2 Å². The Labute approximate surface area is 201 Å². The quantitative estimate of drug-likeness (QED) is 0.638. The van der Waals surface area contributed by atoms with Crippen LogP contribution in [0.2, 0.25) is 0 Å². The molecule has 190 valence electrons. The molecule has 2 fully saturated rings. The lowest BCUT2D eigenvalue weighted by molar-refractivity contribution is -0.152. The molecule has 0 radical (unpaired) electrons.